The molecule has 2 rings (SSSR count). The van der Waals surface area contributed by atoms with Crippen molar-refractivity contribution in [2.24, 2.45) is 0 Å². The topological polar surface area (TPSA) is 85.1 Å². The third-order valence-corrected chi connectivity index (χ3v) is 3.25. The van der Waals surface area contributed by atoms with Gasteiger partial charge in [-0.25, -0.2) is 4.98 Å². The number of anilines is 1. The van der Waals surface area contributed by atoms with E-state index in [0.717, 1.165) is 18.3 Å². The second-order valence-electron chi connectivity index (χ2n) is 3.87. The number of aromatic nitrogens is 1. The number of carbonyl (C=O) groups is 1. The summed E-state index contributed by atoms with van der Waals surface area (Å²) in [5.74, 6) is -1.36. The molecule has 0 saturated carbocycles. The number of nitrogens with one attached hydrogen (secondary N) is 1. The lowest BCUT2D eigenvalue weighted by Crippen LogP contribution is -2.12. The molecule has 0 spiro atoms. The van der Waals surface area contributed by atoms with Crippen LogP contribution in [0.4, 0.5) is 15.8 Å². The van der Waals surface area contributed by atoms with Crippen molar-refractivity contribution >= 4 is 40.5 Å². The predicted octanol–water partition coefficient (Wildman–Crippen LogP) is 3.69. The molecule has 0 aliphatic heterocycles. The summed E-state index contributed by atoms with van der Waals surface area (Å²) in [7, 11) is 0. The smallest absolute Gasteiger partial charge is 0.290 e. The van der Waals surface area contributed by atoms with Crippen LogP contribution in [0.5, 0.6) is 0 Å². The summed E-state index contributed by atoms with van der Waals surface area (Å²) in [5.41, 5.74) is -0.304. The number of hydrogen-bond acceptors (Lipinski definition) is 4. The van der Waals surface area contributed by atoms with Gasteiger partial charge in [-0.05, 0) is 18.2 Å². The van der Waals surface area contributed by atoms with Gasteiger partial charge in [0.25, 0.3) is 11.6 Å². The van der Waals surface area contributed by atoms with Crippen molar-refractivity contribution in [3.63, 3.8) is 0 Å². The van der Waals surface area contributed by atoms with E-state index in [4.69, 9.17) is 23.2 Å². The zero-order valence-corrected chi connectivity index (χ0v) is 11.7. The van der Waals surface area contributed by atoms with E-state index < -0.39 is 22.5 Å². The maximum Gasteiger partial charge on any atom is 0.290 e. The molecule has 6 nitrogen and oxygen atoms in total. The number of pyridine rings is 1. The molecule has 108 valence electrons. The van der Waals surface area contributed by atoms with Crippen molar-refractivity contribution < 1.29 is 14.1 Å². The van der Waals surface area contributed by atoms with Crippen LogP contribution in [0.15, 0.2) is 30.5 Å². The molecule has 2 aromatic rings. The van der Waals surface area contributed by atoms with Crippen LogP contribution in [-0.2, 0) is 0 Å². The van der Waals surface area contributed by atoms with Gasteiger partial charge in [-0.2, -0.15) is 4.39 Å². The molecule has 0 atom stereocenters. The largest absolute Gasteiger partial charge is 0.321 e. The number of hydrogen-bond donors (Lipinski definition) is 1. The Morgan fingerprint density at radius 1 is 1.33 bits per heavy atom. The predicted molar refractivity (Wildman–Crippen MR) is 75.3 cm³/mol. The zero-order valence-electron chi connectivity index (χ0n) is 10.1. The molecule has 0 aliphatic carbocycles. The SMILES string of the molecule is O=C(Nc1ccc(F)nc1)c1cc(Cl)c(Cl)c([N+](=O)[O-])c1. The molecular weight excluding hydrogens is 324 g/mol. The third kappa shape index (κ3) is 3.45. The number of nitro benzene ring substituents is 1. The van der Waals surface area contributed by atoms with E-state index in [1.54, 1.807) is 0 Å². The summed E-state index contributed by atoms with van der Waals surface area (Å²) in [6.45, 7) is 0. The minimum atomic E-state index is -0.746. The lowest BCUT2D eigenvalue weighted by Gasteiger charge is -2.06. The van der Waals surface area contributed by atoms with Crippen molar-refractivity contribution in [1.82, 2.24) is 4.98 Å². The van der Waals surface area contributed by atoms with Gasteiger partial charge in [-0.1, -0.05) is 23.2 Å². The van der Waals surface area contributed by atoms with Gasteiger partial charge < -0.3 is 5.32 Å². The maximum atomic E-state index is 12.7. The summed E-state index contributed by atoms with van der Waals surface area (Å²) < 4.78 is 12.7. The first-order valence-electron chi connectivity index (χ1n) is 5.45. The highest BCUT2D eigenvalue weighted by atomic mass is 35.5. The van der Waals surface area contributed by atoms with Crippen molar-refractivity contribution in [2.75, 3.05) is 5.32 Å². The number of nitro groups is 1. The first-order valence-corrected chi connectivity index (χ1v) is 6.20. The van der Waals surface area contributed by atoms with Gasteiger partial charge in [-0.3, -0.25) is 14.9 Å². The van der Waals surface area contributed by atoms with Crippen molar-refractivity contribution in [1.29, 1.82) is 0 Å². The quantitative estimate of drug-likeness (QED) is 0.528. The Morgan fingerprint density at radius 2 is 2.05 bits per heavy atom. The van der Waals surface area contributed by atoms with Crippen LogP contribution in [0.2, 0.25) is 10.0 Å². The molecular formula is C12H6Cl2FN3O3. The van der Waals surface area contributed by atoms with E-state index in [1.807, 2.05) is 0 Å². The summed E-state index contributed by atoms with van der Waals surface area (Å²) in [5, 5.41) is 12.9. The molecule has 21 heavy (non-hydrogen) atoms. The average Bonchev–Trinajstić information content (AvgIpc) is 2.43. The van der Waals surface area contributed by atoms with Crippen LogP contribution in [0.3, 0.4) is 0 Å². The van der Waals surface area contributed by atoms with Crippen molar-refractivity contribution in [3.8, 4) is 0 Å². The number of rotatable bonds is 3. The molecule has 0 aliphatic rings. The Balaban J connectivity index is 2.31. The van der Waals surface area contributed by atoms with Crippen LogP contribution in [0, 0.1) is 16.1 Å². The van der Waals surface area contributed by atoms with E-state index in [2.05, 4.69) is 10.3 Å². The van der Waals surface area contributed by atoms with Crippen LogP contribution in [0.1, 0.15) is 10.4 Å². The highest BCUT2D eigenvalue weighted by Crippen LogP contribution is 2.33. The van der Waals surface area contributed by atoms with Gasteiger partial charge in [0.2, 0.25) is 5.95 Å². The Labute approximate surface area is 127 Å². The number of carbonyl (C=O) groups excluding carboxylic acids is 1. The van der Waals surface area contributed by atoms with Crippen molar-refractivity contribution in [3.05, 3.63) is 62.1 Å². The van der Waals surface area contributed by atoms with Gasteiger partial charge in [0.05, 0.1) is 21.8 Å². The zero-order chi connectivity index (χ0) is 15.6. The Bertz CT molecular complexity index is 722. The number of benzene rings is 1. The summed E-state index contributed by atoms with van der Waals surface area (Å²) in [6.07, 6.45) is 1.11. The lowest BCUT2D eigenvalue weighted by atomic mass is 10.2. The molecule has 0 fully saturated rings. The minimum Gasteiger partial charge on any atom is -0.321 e. The molecule has 0 bridgehead atoms. The maximum absolute atomic E-state index is 12.7. The lowest BCUT2D eigenvalue weighted by molar-refractivity contribution is -0.384. The molecule has 1 N–H and O–H groups in total. The van der Waals surface area contributed by atoms with E-state index in [1.165, 1.54) is 12.1 Å². The number of nitrogens with zero attached hydrogens (tertiary/aromatic N) is 2. The van der Waals surface area contributed by atoms with E-state index in [9.17, 15) is 19.3 Å². The molecule has 0 unspecified atom stereocenters. The van der Waals surface area contributed by atoms with Crippen LogP contribution in [0.25, 0.3) is 0 Å². The van der Waals surface area contributed by atoms with E-state index in [-0.39, 0.29) is 21.3 Å². The van der Waals surface area contributed by atoms with Gasteiger partial charge >= 0.3 is 0 Å². The molecule has 1 amide bonds. The fraction of sp³-hybridized carbons (Fsp3) is 0. The number of amides is 1. The molecule has 9 heteroatoms. The molecule has 1 heterocycles. The Hall–Kier alpha value is -2.25. The fourth-order valence-electron chi connectivity index (χ4n) is 1.49. The van der Waals surface area contributed by atoms with Crippen LogP contribution < -0.4 is 5.32 Å². The second kappa shape index (κ2) is 6.02. The van der Waals surface area contributed by atoms with Gasteiger partial charge in [-0.15, -0.1) is 0 Å². The molecule has 0 radical (unpaired) electrons. The summed E-state index contributed by atoms with van der Waals surface area (Å²) >= 11 is 11.4. The Kier molecular flexibility index (Phi) is 4.35. The second-order valence-corrected chi connectivity index (χ2v) is 4.66. The fourth-order valence-corrected chi connectivity index (χ4v) is 1.88. The van der Waals surface area contributed by atoms with Gasteiger partial charge in [0.15, 0.2) is 0 Å². The van der Waals surface area contributed by atoms with Crippen LogP contribution in [-0.4, -0.2) is 15.8 Å². The highest BCUT2D eigenvalue weighted by Gasteiger charge is 2.20. The Morgan fingerprint density at radius 3 is 2.62 bits per heavy atom. The third-order valence-electron chi connectivity index (χ3n) is 2.45. The molecule has 0 saturated heterocycles. The first kappa shape index (κ1) is 15.1. The first-order chi connectivity index (χ1) is 9.88. The van der Waals surface area contributed by atoms with E-state index >= 15 is 0 Å². The van der Waals surface area contributed by atoms with Gasteiger partial charge in [0, 0.05) is 11.6 Å². The van der Waals surface area contributed by atoms with Crippen LogP contribution >= 0.6 is 23.2 Å². The summed E-state index contributed by atoms with van der Waals surface area (Å²) in [6, 6.07) is 4.56. The average molecular weight is 330 g/mol. The molecule has 1 aromatic carbocycles. The molecule has 1 aromatic heterocycles. The standard InChI is InChI=1S/C12H6Cl2FN3O3/c13-8-3-6(4-9(11(8)14)18(20)21)12(19)17-7-1-2-10(15)16-5-7/h1-5H,(H,17,19). The van der Waals surface area contributed by atoms with Crippen molar-refractivity contribution in [2.45, 2.75) is 0 Å². The summed E-state index contributed by atoms with van der Waals surface area (Å²) in [4.78, 5) is 25.4. The normalized spacial score (nSPS) is 10.2. The highest BCUT2D eigenvalue weighted by molar-refractivity contribution is 6.43. The number of halogens is 3. The monoisotopic (exact) mass is 329 g/mol. The van der Waals surface area contributed by atoms with E-state index in [0.29, 0.717) is 0 Å². The van der Waals surface area contributed by atoms with Gasteiger partial charge in [0.1, 0.15) is 5.02 Å². The minimum absolute atomic E-state index is 0.0552.